The van der Waals surface area contributed by atoms with Crippen molar-refractivity contribution in [3.63, 3.8) is 0 Å². The Bertz CT molecular complexity index is 2620. The number of amides is 5. The van der Waals surface area contributed by atoms with Gasteiger partial charge in [0.05, 0.1) is 59.2 Å². The number of hydrogen-bond acceptors (Lipinski definition) is 13. The number of aromatic nitrogens is 1. The molecule has 72 heavy (non-hydrogen) atoms. The number of aliphatic hydroxyl groups excluding tert-OH is 1. The number of halogens is 3. The van der Waals surface area contributed by atoms with Gasteiger partial charge in [0.2, 0.25) is 23.6 Å². The summed E-state index contributed by atoms with van der Waals surface area (Å²) < 4.78 is 52.2. The van der Waals surface area contributed by atoms with Gasteiger partial charge in [-0.3, -0.25) is 28.9 Å². The molecule has 0 saturated carbocycles. The van der Waals surface area contributed by atoms with Crippen LogP contribution in [0, 0.1) is 23.7 Å². The minimum atomic E-state index is -4.79. The molecule has 0 bridgehead atoms. The fraction of sp³-hybridized carbons (Fsp3) is 0.471. The summed E-state index contributed by atoms with van der Waals surface area (Å²) in [5.74, 6) is -2.06. The van der Waals surface area contributed by atoms with Gasteiger partial charge in [-0.2, -0.15) is 18.4 Å². The molecule has 5 amide bonds. The molecule has 1 unspecified atom stereocenters. The summed E-state index contributed by atoms with van der Waals surface area (Å²) in [7, 11) is 0. The van der Waals surface area contributed by atoms with E-state index in [4.69, 9.17) is 9.47 Å². The van der Waals surface area contributed by atoms with Crippen LogP contribution < -0.4 is 25.8 Å². The third-order valence-corrected chi connectivity index (χ3v) is 13.9. The van der Waals surface area contributed by atoms with Crippen LogP contribution in [-0.2, 0) is 52.6 Å². The number of carbonyl (C=O) groups excluding carboxylic acids is 5. The Kier molecular flexibility index (Phi) is 18.2. The Labute approximate surface area is 426 Å². The normalized spacial score (nSPS) is 18.2. The quantitative estimate of drug-likeness (QED) is 0.0503. The number of hydrogen-bond donors (Lipinski definition) is 5. The fourth-order valence-corrected chi connectivity index (χ4v) is 10.1. The van der Waals surface area contributed by atoms with Crippen LogP contribution in [0.4, 0.5) is 24.5 Å². The summed E-state index contributed by atoms with van der Waals surface area (Å²) >= 11 is 6.20. The average Bonchev–Trinajstić information content (AvgIpc) is 3.99. The van der Waals surface area contributed by atoms with Crippen molar-refractivity contribution in [1.29, 1.82) is 5.26 Å². The maximum absolute atomic E-state index is 13.9. The van der Waals surface area contributed by atoms with Crippen LogP contribution >= 0.6 is 24.0 Å². The first-order chi connectivity index (χ1) is 34.0. The number of alkyl halides is 3. The van der Waals surface area contributed by atoms with E-state index in [9.17, 15) is 47.5 Å². The highest BCUT2D eigenvalue weighted by molar-refractivity contribution is 7.81. The maximum Gasteiger partial charge on any atom is 0.417 e. The van der Waals surface area contributed by atoms with Gasteiger partial charge in [-0.15, -0.1) is 24.0 Å². The molecule has 16 nitrogen and oxygen atoms in total. The van der Waals surface area contributed by atoms with Gasteiger partial charge in [0.1, 0.15) is 24.2 Å². The number of ether oxygens (including phenoxy) is 2. The van der Waals surface area contributed by atoms with Crippen molar-refractivity contribution in [2.75, 3.05) is 49.3 Å². The summed E-state index contributed by atoms with van der Waals surface area (Å²) in [4.78, 5) is 76.1. The molecule has 0 spiro atoms. The van der Waals surface area contributed by atoms with E-state index >= 15 is 0 Å². The fourth-order valence-electron chi connectivity index (χ4n) is 8.62. The Morgan fingerprint density at radius 3 is 2.26 bits per heavy atom. The molecule has 6 rings (SSSR count). The minimum absolute atomic E-state index is 0.0325. The monoisotopic (exact) mass is 1030 g/mol. The molecular formula is C51H61F3N8O8S2. The van der Waals surface area contributed by atoms with Crippen LogP contribution in [0.5, 0.6) is 0 Å². The van der Waals surface area contributed by atoms with Crippen molar-refractivity contribution in [1.82, 2.24) is 25.8 Å². The molecule has 2 saturated heterocycles. The molecule has 3 aromatic carbocycles. The molecule has 3 heterocycles. The lowest BCUT2D eigenvalue weighted by Gasteiger charge is -2.35. The number of β-amino-alcohol motifs (C(OH)–C–C–N with tert-alkyl or cyclic N) is 1. The summed E-state index contributed by atoms with van der Waals surface area (Å²) in [6, 6.07) is 17.8. The van der Waals surface area contributed by atoms with Gasteiger partial charge in [0.25, 0.3) is 5.91 Å². The number of thiazole rings is 1. The molecule has 2 fully saturated rings. The number of likely N-dealkylation sites (tertiary alicyclic amines) is 1. The number of anilines is 2. The zero-order valence-corrected chi connectivity index (χ0v) is 42.8. The lowest BCUT2D eigenvalue weighted by atomic mass is 9.85. The molecule has 2 aliphatic heterocycles. The van der Waals surface area contributed by atoms with E-state index in [-0.39, 0.29) is 70.5 Å². The van der Waals surface area contributed by atoms with Crippen molar-refractivity contribution in [3.8, 4) is 16.5 Å². The molecule has 386 valence electrons. The molecule has 4 atom stereocenters. The Morgan fingerprint density at radius 1 is 0.958 bits per heavy atom. The van der Waals surface area contributed by atoms with Crippen LogP contribution in [0.15, 0.2) is 72.2 Å². The standard InChI is InChI=1S/C51H61F3N8O8S2/c1-31-43(72-30-58-31)34-14-10-33(11-15-34)27-57-45(66)40-25-38(63)28-60(40)46(67)44(49(2,3)4)59-42(65)29-70-23-22-69-21-20-56-41(64)9-7-8-32-12-17-36(18-13-32)62-48(71)61(47(68)50(62,5)6)37-19-16-35(26-55)39(24-37)51(52,53)54/h10-19,24,30,38,40,44,48,63,71H,7-9,20-23,25,27-29H2,1-6H3,(H,56,64)(H,57,66)(H,59,65)/t38-,40+,44-,48?/m1/s1. The van der Waals surface area contributed by atoms with E-state index in [0.29, 0.717) is 18.5 Å². The van der Waals surface area contributed by atoms with Crippen molar-refractivity contribution in [2.45, 2.75) is 109 Å². The first kappa shape index (κ1) is 55.3. The largest absolute Gasteiger partial charge is 0.417 e. The highest BCUT2D eigenvalue weighted by Gasteiger charge is 2.52. The average molecular weight is 1040 g/mol. The zero-order chi connectivity index (χ0) is 52.5. The SMILES string of the molecule is Cc1ncsc1-c1ccc(CNC(=O)[C@@H]2C[C@@H](O)CN2C(=O)[C@@H](NC(=O)COCCOCCNC(=O)CCCc2ccc(N3C(S)N(c4ccc(C#N)c(C(F)(F)F)c4)C(=O)C3(C)C)cc2)C(C)(C)C)cc1. The number of rotatable bonds is 20. The first-order valence-electron chi connectivity index (χ1n) is 23.5. The molecular weight excluding hydrogens is 974 g/mol. The molecule has 4 aromatic rings. The van der Waals surface area contributed by atoms with Gasteiger partial charge in [-0.1, -0.05) is 57.2 Å². The molecule has 21 heteroatoms. The van der Waals surface area contributed by atoms with Crippen LogP contribution in [0.1, 0.15) is 81.8 Å². The smallest absolute Gasteiger partial charge is 0.391 e. The van der Waals surface area contributed by atoms with E-state index in [2.05, 4.69) is 33.6 Å². The molecule has 4 N–H and O–H groups in total. The van der Waals surface area contributed by atoms with Gasteiger partial charge in [-0.25, -0.2) is 4.98 Å². The third kappa shape index (κ3) is 13.5. The Hall–Kier alpha value is -6.05. The Morgan fingerprint density at radius 2 is 1.62 bits per heavy atom. The number of benzene rings is 3. The van der Waals surface area contributed by atoms with E-state index in [0.717, 1.165) is 39.4 Å². The lowest BCUT2D eigenvalue weighted by Crippen LogP contribution is -2.58. The maximum atomic E-state index is 13.9. The molecule has 2 aliphatic rings. The highest BCUT2D eigenvalue weighted by Crippen LogP contribution is 2.42. The predicted molar refractivity (Wildman–Crippen MR) is 269 cm³/mol. The van der Waals surface area contributed by atoms with E-state index in [1.807, 2.05) is 43.3 Å². The first-order valence-corrected chi connectivity index (χ1v) is 24.9. The minimum Gasteiger partial charge on any atom is -0.391 e. The number of thiol groups is 1. The summed E-state index contributed by atoms with van der Waals surface area (Å²) in [5.41, 5.74) is 1.61. The number of nitrogens with one attached hydrogen (secondary N) is 3. The number of nitriles is 1. The van der Waals surface area contributed by atoms with Gasteiger partial charge < -0.3 is 40.3 Å². The van der Waals surface area contributed by atoms with Crippen LogP contribution in [0.3, 0.4) is 0 Å². The highest BCUT2D eigenvalue weighted by atomic mass is 32.1. The number of nitrogens with zero attached hydrogens (tertiary/aromatic N) is 5. The second-order valence-electron chi connectivity index (χ2n) is 19.3. The van der Waals surface area contributed by atoms with E-state index in [1.54, 1.807) is 74.6 Å². The zero-order valence-electron chi connectivity index (χ0n) is 41.0. The van der Waals surface area contributed by atoms with E-state index < -0.39 is 75.6 Å². The number of carbonyl (C=O) groups is 5. The summed E-state index contributed by atoms with van der Waals surface area (Å²) in [6.07, 6.45) is -4.26. The molecule has 1 aromatic heterocycles. The van der Waals surface area contributed by atoms with Crippen molar-refractivity contribution in [2.24, 2.45) is 5.41 Å². The lowest BCUT2D eigenvalue weighted by molar-refractivity contribution is -0.144. The number of aryl methyl sites for hydroxylation is 2. The topological polar surface area (TPSA) is 207 Å². The van der Waals surface area contributed by atoms with Gasteiger partial charge in [-0.05, 0) is 86.1 Å². The second kappa shape index (κ2) is 23.7. The van der Waals surface area contributed by atoms with Crippen LogP contribution in [0.25, 0.3) is 10.4 Å². The summed E-state index contributed by atoms with van der Waals surface area (Å²) in [5, 5.41) is 28.2. The second-order valence-corrected chi connectivity index (χ2v) is 20.6. The molecule has 0 radical (unpaired) electrons. The van der Waals surface area contributed by atoms with E-state index in [1.165, 1.54) is 15.9 Å². The third-order valence-electron chi connectivity index (χ3n) is 12.5. The number of aliphatic hydroxyl groups is 1. The van der Waals surface area contributed by atoms with Crippen molar-refractivity contribution >= 4 is 64.9 Å². The van der Waals surface area contributed by atoms with Gasteiger partial charge in [0, 0.05) is 43.9 Å². The van der Waals surface area contributed by atoms with Crippen molar-refractivity contribution < 1.29 is 51.7 Å². The predicted octanol–water partition coefficient (Wildman–Crippen LogP) is 6.14. The van der Waals surface area contributed by atoms with Crippen LogP contribution in [0.2, 0.25) is 0 Å². The Balaban J connectivity index is 0.865. The van der Waals surface area contributed by atoms with Crippen molar-refractivity contribution in [3.05, 3.63) is 100 Å². The molecule has 0 aliphatic carbocycles. The summed E-state index contributed by atoms with van der Waals surface area (Å²) in [6.45, 7) is 11.1. The van der Waals surface area contributed by atoms with Gasteiger partial charge in [0.15, 0.2) is 5.50 Å². The van der Waals surface area contributed by atoms with Crippen LogP contribution in [-0.4, -0.2) is 113 Å². The van der Waals surface area contributed by atoms with Gasteiger partial charge >= 0.3 is 6.18 Å².